The first-order chi connectivity index (χ1) is 9.78. The Kier molecular flexibility index (Phi) is 4.12. The van der Waals surface area contributed by atoms with Crippen LogP contribution in [0.2, 0.25) is 0 Å². The fourth-order valence-electron chi connectivity index (χ4n) is 2.33. The molecule has 1 aliphatic rings. The first-order valence-corrected chi connectivity index (χ1v) is 8.01. The number of imidazole rings is 1. The molecule has 3 rings (SSSR count). The van der Waals surface area contributed by atoms with Crippen molar-refractivity contribution in [3.05, 3.63) is 18.6 Å². The van der Waals surface area contributed by atoms with Crippen LogP contribution in [0.5, 0.6) is 0 Å². The zero-order valence-corrected chi connectivity index (χ0v) is 12.7. The third-order valence-corrected chi connectivity index (χ3v) is 4.89. The van der Waals surface area contributed by atoms with Crippen molar-refractivity contribution in [1.29, 1.82) is 0 Å². The minimum Gasteiger partial charge on any atom is -0.377 e. The maximum absolute atomic E-state index is 5.63. The van der Waals surface area contributed by atoms with Crippen LogP contribution in [0, 0.1) is 0 Å². The number of hydrogen-bond acceptors (Lipinski definition) is 5. The molecule has 1 aliphatic heterocycles. The summed E-state index contributed by atoms with van der Waals surface area (Å²) in [6.07, 6.45) is 8.22. The van der Waals surface area contributed by atoms with Crippen LogP contribution in [-0.2, 0) is 4.74 Å². The van der Waals surface area contributed by atoms with E-state index in [1.165, 1.54) is 0 Å². The van der Waals surface area contributed by atoms with Crippen LogP contribution in [0.15, 0.2) is 23.6 Å². The van der Waals surface area contributed by atoms with Gasteiger partial charge in [0.2, 0.25) is 0 Å². The number of nitrogens with one attached hydrogen (secondary N) is 1. The summed E-state index contributed by atoms with van der Waals surface area (Å²) in [5.74, 6) is 0.909. The second-order valence-electron chi connectivity index (χ2n) is 5.04. The van der Waals surface area contributed by atoms with E-state index in [4.69, 9.17) is 9.72 Å². The summed E-state index contributed by atoms with van der Waals surface area (Å²) in [4.78, 5) is 9.14. The average Bonchev–Trinajstić information content (AvgIpc) is 3.06. The van der Waals surface area contributed by atoms with E-state index in [1.54, 1.807) is 11.8 Å². The number of fused-ring (bicyclic) bond motifs is 1. The van der Waals surface area contributed by atoms with Crippen LogP contribution in [-0.4, -0.2) is 38.9 Å². The van der Waals surface area contributed by atoms with E-state index >= 15 is 0 Å². The average molecular weight is 292 g/mol. The van der Waals surface area contributed by atoms with E-state index in [9.17, 15) is 0 Å². The lowest BCUT2D eigenvalue weighted by atomic mass is 10.3. The number of aromatic nitrogens is 3. The van der Waals surface area contributed by atoms with E-state index in [-0.39, 0.29) is 6.10 Å². The highest BCUT2D eigenvalue weighted by molar-refractivity contribution is 8.00. The first kappa shape index (κ1) is 13.7. The molecule has 0 radical (unpaired) electrons. The molecule has 108 valence electrons. The molecule has 0 aromatic carbocycles. The van der Waals surface area contributed by atoms with Crippen LogP contribution in [0.4, 0.5) is 5.82 Å². The smallest absolute Gasteiger partial charge is 0.169 e. The SMILES string of the molecule is CCCNc1cn2ccnc2c(SC2CCOC2C)n1. The van der Waals surface area contributed by atoms with Gasteiger partial charge in [-0.1, -0.05) is 18.7 Å². The third-order valence-electron chi connectivity index (χ3n) is 3.47. The molecule has 1 fully saturated rings. The van der Waals surface area contributed by atoms with Gasteiger partial charge in [0.05, 0.1) is 12.3 Å². The van der Waals surface area contributed by atoms with Gasteiger partial charge >= 0.3 is 0 Å². The Bertz CT molecular complexity index is 586. The molecule has 6 heteroatoms. The highest BCUT2D eigenvalue weighted by Gasteiger charge is 2.26. The van der Waals surface area contributed by atoms with E-state index in [0.29, 0.717) is 5.25 Å². The lowest BCUT2D eigenvalue weighted by Gasteiger charge is -2.14. The molecule has 20 heavy (non-hydrogen) atoms. The maximum Gasteiger partial charge on any atom is 0.169 e. The molecule has 0 spiro atoms. The molecule has 2 aromatic rings. The van der Waals surface area contributed by atoms with Gasteiger partial charge in [-0.05, 0) is 19.8 Å². The van der Waals surface area contributed by atoms with E-state index in [0.717, 1.165) is 42.5 Å². The fourth-order valence-corrected chi connectivity index (χ4v) is 3.52. The molecule has 0 aliphatic carbocycles. The monoisotopic (exact) mass is 292 g/mol. The van der Waals surface area contributed by atoms with Gasteiger partial charge in [-0.25, -0.2) is 9.97 Å². The normalized spacial score (nSPS) is 22.5. The van der Waals surface area contributed by atoms with Gasteiger partial charge in [0, 0.05) is 30.8 Å². The van der Waals surface area contributed by atoms with Crippen molar-refractivity contribution < 1.29 is 4.74 Å². The van der Waals surface area contributed by atoms with Crippen molar-refractivity contribution in [3.8, 4) is 0 Å². The Labute approximate surface area is 123 Å². The number of ether oxygens (including phenoxy) is 1. The van der Waals surface area contributed by atoms with Crippen molar-refractivity contribution in [1.82, 2.24) is 14.4 Å². The summed E-state index contributed by atoms with van der Waals surface area (Å²) in [7, 11) is 0. The summed E-state index contributed by atoms with van der Waals surface area (Å²) in [5, 5.41) is 4.80. The molecule has 2 aromatic heterocycles. The highest BCUT2D eigenvalue weighted by Crippen LogP contribution is 2.33. The second kappa shape index (κ2) is 6.01. The Balaban J connectivity index is 1.88. The number of anilines is 1. The van der Waals surface area contributed by atoms with Crippen molar-refractivity contribution in [2.45, 2.75) is 43.1 Å². The highest BCUT2D eigenvalue weighted by atomic mass is 32.2. The zero-order valence-electron chi connectivity index (χ0n) is 11.9. The van der Waals surface area contributed by atoms with E-state index in [2.05, 4.69) is 24.1 Å². The molecule has 0 amide bonds. The summed E-state index contributed by atoms with van der Waals surface area (Å²) < 4.78 is 7.67. The number of thioether (sulfide) groups is 1. The molecule has 5 nitrogen and oxygen atoms in total. The minimum atomic E-state index is 0.282. The van der Waals surface area contributed by atoms with Crippen molar-refractivity contribution in [3.63, 3.8) is 0 Å². The summed E-state index contributed by atoms with van der Waals surface area (Å²) in [6.45, 7) is 6.06. The van der Waals surface area contributed by atoms with Gasteiger partial charge in [-0.15, -0.1) is 0 Å². The molecule has 1 N–H and O–H groups in total. The summed E-state index contributed by atoms with van der Waals surface area (Å²) in [5.41, 5.74) is 0.927. The van der Waals surface area contributed by atoms with Crippen molar-refractivity contribution in [2.24, 2.45) is 0 Å². The van der Waals surface area contributed by atoms with Gasteiger partial charge in [-0.3, -0.25) is 0 Å². The van der Waals surface area contributed by atoms with Crippen molar-refractivity contribution >= 4 is 23.2 Å². The number of nitrogens with zero attached hydrogens (tertiary/aromatic N) is 3. The lowest BCUT2D eigenvalue weighted by molar-refractivity contribution is 0.127. The Morgan fingerprint density at radius 3 is 3.20 bits per heavy atom. The Hall–Kier alpha value is -1.27. The van der Waals surface area contributed by atoms with E-state index < -0.39 is 0 Å². The van der Waals surface area contributed by atoms with Crippen LogP contribution in [0.3, 0.4) is 0 Å². The minimum absolute atomic E-state index is 0.282. The van der Waals surface area contributed by atoms with Gasteiger partial charge < -0.3 is 14.5 Å². The largest absolute Gasteiger partial charge is 0.377 e. The predicted octanol–water partition coefficient (Wildman–Crippen LogP) is 2.82. The van der Waals surface area contributed by atoms with Crippen LogP contribution in [0.25, 0.3) is 5.65 Å². The molecule has 1 saturated heterocycles. The second-order valence-corrected chi connectivity index (χ2v) is 6.26. The standard InChI is InChI=1S/C14H20N4OS/c1-3-5-15-12-9-18-7-6-16-13(18)14(17-12)20-11-4-8-19-10(11)2/h6-7,9-11,15H,3-5,8H2,1-2H3. The van der Waals surface area contributed by atoms with Gasteiger partial charge in [0.15, 0.2) is 5.65 Å². The van der Waals surface area contributed by atoms with Crippen LogP contribution < -0.4 is 5.32 Å². The van der Waals surface area contributed by atoms with Gasteiger partial charge in [0.1, 0.15) is 10.8 Å². The topological polar surface area (TPSA) is 51.5 Å². The third kappa shape index (κ3) is 2.76. The molecule has 2 atom stereocenters. The molecule has 3 heterocycles. The molecular weight excluding hydrogens is 272 g/mol. The summed E-state index contributed by atoms with van der Waals surface area (Å²) in [6, 6.07) is 0. The fraction of sp³-hybridized carbons (Fsp3) is 0.571. The zero-order chi connectivity index (χ0) is 13.9. The van der Waals surface area contributed by atoms with Crippen LogP contribution in [0.1, 0.15) is 26.7 Å². The number of hydrogen-bond donors (Lipinski definition) is 1. The molecular formula is C14H20N4OS. The molecule has 0 saturated carbocycles. The number of rotatable bonds is 5. The van der Waals surface area contributed by atoms with Crippen LogP contribution >= 0.6 is 11.8 Å². The predicted molar refractivity (Wildman–Crippen MR) is 81.4 cm³/mol. The summed E-state index contributed by atoms with van der Waals surface area (Å²) >= 11 is 1.78. The maximum atomic E-state index is 5.63. The van der Waals surface area contributed by atoms with E-state index in [1.807, 2.05) is 23.0 Å². The first-order valence-electron chi connectivity index (χ1n) is 7.13. The van der Waals surface area contributed by atoms with Gasteiger partial charge in [-0.2, -0.15) is 0 Å². The molecule has 0 bridgehead atoms. The van der Waals surface area contributed by atoms with Gasteiger partial charge in [0.25, 0.3) is 0 Å². The quantitative estimate of drug-likeness (QED) is 0.918. The van der Waals surface area contributed by atoms with Crippen molar-refractivity contribution in [2.75, 3.05) is 18.5 Å². The molecule has 2 unspecified atom stereocenters. The Morgan fingerprint density at radius 2 is 2.45 bits per heavy atom. The Morgan fingerprint density at radius 1 is 1.55 bits per heavy atom. The lowest BCUT2D eigenvalue weighted by Crippen LogP contribution is -2.14.